The molecule has 5 nitrogen and oxygen atoms in total. The van der Waals surface area contributed by atoms with Gasteiger partial charge in [-0.15, -0.1) is 0 Å². The molecule has 1 fully saturated rings. The van der Waals surface area contributed by atoms with Crippen LogP contribution in [0.5, 0.6) is 0 Å². The summed E-state index contributed by atoms with van der Waals surface area (Å²) in [4.78, 5) is 21.3. The minimum atomic E-state index is -0.0778. The number of hydrogen-bond donors (Lipinski definition) is 2. The molecule has 6 heteroatoms. The maximum absolute atomic E-state index is 12.5. The van der Waals surface area contributed by atoms with Crippen LogP contribution in [0.4, 0.5) is 0 Å². The highest BCUT2D eigenvalue weighted by Crippen LogP contribution is 2.25. The van der Waals surface area contributed by atoms with Gasteiger partial charge in [-0.25, -0.2) is 0 Å². The number of aliphatic imine (C=N–C) groups is 1. The van der Waals surface area contributed by atoms with Crippen LogP contribution in [0, 0.1) is 12.8 Å². The van der Waals surface area contributed by atoms with Crippen LogP contribution in [-0.4, -0.2) is 29.3 Å². The van der Waals surface area contributed by atoms with E-state index in [9.17, 15) is 4.79 Å². The number of benzene rings is 1. The zero-order chi connectivity index (χ0) is 19.5. The number of rotatable bonds is 4. The Balaban J connectivity index is 1.25. The molecule has 0 bridgehead atoms. The molecular weight excluding hydrogens is 372 g/mol. The van der Waals surface area contributed by atoms with Crippen LogP contribution in [0.3, 0.4) is 0 Å². The number of nitrogens with zero attached hydrogens (tertiary/aromatic N) is 2. The first kappa shape index (κ1) is 18.9. The second-order valence-electron chi connectivity index (χ2n) is 7.68. The Morgan fingerprint density at radius 2 is 2.00 bits per heavy atom. The summed E-state index contributed by atoms with van der Waals surface area (Å²) in [6.45, 7) is 3.54. The predicted octanol–water partition coefficient (Wildman–Crippen LogP) is 3.88. The van der Waals surface area contributed by atoms with Crippen LogP contribution in [0.1, 0.15) is 52.9 Å². The molecule has 1 aliphatic heterocycles. The number of hydrogen-bond acceptors (Lipinski definition) is 4. The van der Waals surface area contributed by atoms with Gasteiger partial charge in [0.05, 0.1) is 22.8 Å². The van der Waals surface area contributed by atoms with Crippen molar-refractivity contribution in [1.29, 1.82) is 0 Å². The molecule has 1 saturated carbocycles. The molecule has 1 aromatic carbocycles. The zero-order valence-corrected chi connectivity index (χ0v) is 16.8. The van der Waals surface area contributed by atoms with Crippen LogP contribution >= 0.6 is 11.6 Å². The molecule has 146 valence electrons. The van der Waals surface area contributed by atoms with Crippen LogP contribution in [0.2, 0.25) is 5.02 Å². The van der Waals surface area contributed by atoms with Gasteiger partial charge in [-0.2, -0.15) is 0 Å². The number of halogens is 1. The lowest BCUT2D eigenvalue weighted by Crippen LogP contribution is -2.40. The molecule has 0 atom stereocenters. The lowest BCUT2D eigenvalue weighted by atomic mass is 9.85. The number of amidine groups is 1. The second kappa shape index (κ2) is 8.31. The highest BCUT2D eigenvalue weighted by molar-refractivity contribution is 6.30. The molecule has 2 N–H and O–H groups in total. The van der Waals surface area contributed by atoms with Gasteiger partial charge >= 0.3 is 0 Å². The third-order valence-electron chi connectivity index (χ3n) is 5.72. The molecule has 2 aromatic rings. The Kier molecular flexibility index (Phi) is 5.62. The normalized spacial score (nSPS) is 21.0. The summed E-state index contributed by atoms with van der Waals surface area (Å²) < 4.78 is 0. The molecule has 1 amide bonds. The Hall–Kier alpha value is -2.40. The van der Waals surface area contributed by atoms with Crippen LogP contribution < -0.4 is 10.6 Å². The Morgan fingerprint density at radius 3 is 2.82 bits per heavy atom. The summed E-state index contributed by atoms with van der Waals surface area (Å²) in [5, 5.41) is 7.18. The summed E-state index contributed by atoms with van der Waals surface area (Å²) >= 11 is 5.98. The molecule has 4 rings (SSSR count). The smallest absolute Gasteiger partial charge is 0.253 e. The lowest BCUT2D eigenvalue weighted by molar-refractivity contribution is 0.0921. The number of pyridine rings is 1. The summed E-state index contributed by atoms with van der Waals surface area (Å²) in [6, 6.07) is 10.3. The number of nitrogens with one attached hydrogen (secondary N) is 2. The van der Waals surface area contributed by atoms with E-state index in [0.29, 0.717) is 22.2 Å². The lowest BCUT2D eigenvalue weighted by Gasteiger charge is -2.29. The molecule has 0 spiro atoms. The van der Waals surface area contributed by atoms with Crippen molar-refractivity contribution < 1.29 is 4.79 Å². The first-order valence-corrected chi connectivity index (χ1v) is 10.3. The first-order valence-electron chi connectivity index (χ1n) is 9.90. The number of fused-ring (bicyclic) bond motifs is 1. The minimum absolute atomic E-state index is 0.0778. The van der Waals surface area contributed by atoms with Crippen LogP contribution in [0.25, 0.3) is 0 Å². The Morgan fingerprint density at radius 1 is 1.21 bits per heavy atom. The van der Waals surface area contributed by atoms with Crippen molar-refractivity contribution in [1.82, 2.24) is 15.6 Å². The number of carbonyl (C=O) groups is 1. The van der Waals surface area contributed by atoms with E-state index in [1.54, 1.807) is 12.3 Å². The maximum atomic E-state index is 12.5. The van der Waals surface area contributed by atoms with Crippen molar-refractivity contribution in [2.24, 2.45) is 10.9 Å². The molecule has 1 aliphatic carbocycles. The van der Waals surface area contributed by atoms with Crippen LogP contribution in [-0.2, 0) is 6.54 Å². The fourth-order valence-electron chi connectivity index (χ4n) is 4.04. The van der Waals surface area contributed by atoms with Crippen molar-refractivity contribution >= 4 is 23.3 Å². The third-order valence-corrected chi connectivity index (χ3v) is 5.93. The summed E-state index contributed by atoms with van der Waals surface area (Å²) in [5.74, 6) is 1.55. The highest BCUT2D eigenvalue weighted by Gasteiger charge is 2.24. The van der Waals surface area contributed by atoms with Crippen LogP contribution in [0.15, 0.2) is 41.5 Å². The summed E-state index contributed by atoms with van der Waals surface area (Å²) in [5.41, 5.74) is 3.79. The Labute approximate surface area is 170 Å². The van der Waals surface area contributed by atoms with E-state index in [2.05, 4.69) is 44.9 Å². The molecule has 28 heavy (non-hydrogen) atoms. The highest BCUT2D eigenvalue weighted by atomic mass is 35.5. The van der Waals surface area contributed by atoms with Crippen molar-refractivity contribution in [2.75, 3.05) is 6.54 Å². The van der Waals surface area contributed by atoms with Gasteiger partial charge in [-0.3, -0.25) is 14.8 Å². The molecule has 2 aliphatic rings. The quantitative estimate of drug-likeness (QED) is 0.824. The number of aromatic nitrogens is 1. The van der Waals surface area contributed by atoms with E-state index in [1.807, 2.05) is 6.92 Å². The van der Waals surface area contributed by atoms with Gasteiger partial charge in [0.2, 0.25) is 0 Å². The predicted molar refractivity (Wildman–Crippen MR) is 112 cm³/mol. The first-order chi connectivity index (χ1) is 13.6. The van der Waals surface area contributed by atoms with E-state index in [-0.39, 0.29) is 11.9 Å². The van der Waals surface area contributed by atoms with E-state index >= 15 is 0 Å². The SMILES string of the molecule is Cc1ncc(Cl)cc1C(=O)NC1CCC(CNC2=NCc3ccccc32)CC1. The van der Waals surface area contributed by atoms with Gasteiger partial charge in [-0.05, 0) is 50.2 Å². The van der Waals surface area contributed by atoms with Gasteiger partial charge in [0, 0.05) is 24.3 Å². The molecule has 0 saturated heterocycles. The zero-order valence-electron chi connectivity index (χ0n) is 16.0. The summed E-state index contributed by atoms with van der Waals surface area (Å²) in [6.07, 6.45) is 5.75. The minimum Gasteiger partial charge on any atom is -0.370 e. The fourth-order valence-corrected chi connectivity index (χ4v) is 4.20. The van der Waals surface area contributed by atoms with Crippen molar-refractivity contribution in [3.8, 4) is 0 Å². The van der Waals surface area contributed by atoms with E-state index in [0.717, 1.165) is 44.6 Å². The fraction of sp³-hybridized carbons (Fsp3) is 0.409. The topological polar surface area (TPSA) is 66.4 Å². The standard InChI is InChI=1S/C22H25ClN4O/c1-14-20(10-17(23)13-24-14)22(28)27-18-8-6-15(7-9-18)11-25-21-19-5-3-2-4-16(19)12-26-21/h2-5,10,13,15,18H,6-9,11-12H2,1H3,(H,25,26)(H,27,28). The number of aryl methyl sites for hydroxylation is 1. The van der Waals surface area contributed by atoms with Gasteiger partial charge in [-0.1, -0.05) is 35.9 Å². The Bertz CT molecular complexity index is 903. The summed E-state index contributed by atoms with van der Waals surface area (Å²) in [7, 11) is 0. The van der Waals surface area contributed by atoms with Gasteiger partial charge in [0.1, 0.15) is 5.84 Å². The largest absolute Gasteiger partial charge is 0.370 e. The van der Waals surface area contributed by atoms with Crippen molar-refractivity contribution in [3.63, 3.8) is 0 Å². The van der Waals surface area contributed by atoms with E-state index < -0.39 is 0 Å². The van der Waals surface area contributed by atoms with E-state index in [4.69, 9.17) is 11.6 Å². The molecule has 1 aromatic heterocycles. The van der Waals surface area contributed by atoms with Crippen molar-refractivity contribution in [2.45, 2.75) is 45.2 Å². The van der Waals surface area contributed by atoms with Gasteiger partial charge in [0.15, 0.2) is 0 Å². The average molecular weight is 397 g/mol. The monoisotopic (exact) mass is 396 g/mol. The molecular formula is C22H25ClN4O. The van der Waals surface area contributed by atoms with Gasteiger partial charge < -0.3 is 10.6 Å². The van der Waals surface area contributed by atoms with Gasteiger partial charge in [0.25, 0.3) is 5.91 Å². The molecule has 2 heterocycles. The molecule has 0 unspecified atom stereocenters. The van der Waals surface area contributed by atoms with E-state index in [1.165, 1.54) is 11.1 Å². The number of carbonyl (C=O) groups excluding carboxylic acids is 1. The maximum Gasteiger partial charge on any atom is 0.253 e. The second-order valence-corrected chi connectivity index (χ2v) is 8.12. The number of amides is 1. The third kappa shape index (κ3) is 4.20. The van der Waals surface area contributed by atoms with Crippen molar-refractivity contribution in [3.05, 3.63) is 63.9 Å². The average Bonchev–Trinajstić information content (AvgIpc) is 3.12. The molecule has 0 radical (unpaired) electrons.